The smallest absolute Gasteiger partial charge is 0.187 e. The van der Waals surface area contributed by atoms with Gasteiger partial charge in [-0.1, -0.05) is 6.08 Å². The summed E-state index contributed by atoms with van der Waals surface area (Å²) < 4.78 is 0. The molecule has 0 unspecified atom stereocenters. The van der Waals surface area contributed by atoms with Gasteiger partial charge in [-0.15, -0.1) is 4.91 Å². The second kappa shape index (κ2) is 5.80. The lowest BCUT2D eigenvalue weighted by molar-refractivity contribution is 0.405. The van der Waals surface area contributed by atoms with Crippen LogP contribution < -0.4 is 0 Å². The number of hydrogen-bond donors (Lipinski definition) is 2. The highest BCUT2D eigenvalue weighted by molar-refractivity contribution is 6.14. The van der Waals surface area contributed by atoms with E-state index in [1.54, 1.807) is 6.08 Å². The van der Waals surface area contributed by atoms with Crippen molar-refractivity contribution >= 4 is 17.5 Å². The SMILES string of the molecule is N#C/C(=C\c1cc(O)c(O)c(N=O)c1)C1=NCCC=C1. The summed E-state index contributed by atoms with van der Waals surface area (Å²) in [5.41, 5.74) is 0.956. The quantitative estimate of drug-likeness (QED) is 0.499. The summed E-state index contributed by atoms with van der Waals surface area (Å²) in [6, 6.07) is 4.55. The Balaban J connectivity index is 2.45. The number of dihydropyridines is 1. The number of nitroso groups, excluding NO2 is 1. The molecule has 0 bridgehead atoms. The van der Waals surface area contributed by atoms with Crippen LogP contribution in [0.4, 0.5) is 5.69 Å². The fraction of sp³-hybridized carbons (Fsp3) is 0.143. The van der Waals surface area contributed by atoms with E-state index >= 15 is 0 Å². The van der Waals surface area contributed by atoms with Crippen molar-refractivity contribution in [2.75, 3.05) is 6.54 Å². The van der Waals surface area contributed by atoms with Crippen molar-refractivity contribution in [1.82, 2.24) is 0 Å². The van der Waals surface area contributed by atoms with Gasteiger partial charge in [-0.3, -0.25) is 4.99 Å². The van der Waals surface area contributed by atoms with Crippen LogP contribution in [-0.4, -0.2) is 22.5 Å². The molecule has 2 N–H and O–H groups in total. The summed E-state index contributed by atoms with van der Waals surface area (Å²) in [5.74, 6) is -1.04. The van der Waals surface area contributed by atoms with Crippen LogP contribution in [0.5, 0.6) is 11.5 Å². The molecule has 1 heterocycles. The van der Waals surface area contributed by atoms with Crippen molar-refractivity contribution in [2.45, 2.75) is 6.42 Å². The lowest BCUT2D eigenvalue weighted by atomic mass is 10.0. The molecule has 1 aliphatic heterocycles. The maximum atomic E-state index is 10.5. The molecule has 6 nitrogen and oxygen atoms in total. The zero-order chi connectivity index (χ0) is 14.5. The summed E-state index contributed by atoms with van der Waals surface area (Å²) in [5, 5.41) is 30.7. The molecule has 0 saturated heterocycles. The second-order valence-electron chi connectivity index (χ2n) is 4.13. The van der Waals surface area contributed by atoms with Crippen molar-refractivity contribution in [3.05, 3.63) is 40.3 Å². The highest BCUT2D eigenvalue weighted by Gasteiger charge is 2.11. The Hall–Kier alpha value is -2.94. The zero-order valence-corrected chi connectivity index (χ0v) is 10.4. The fourth-order valence-corrected chi connectivity index (χ4v) is 1.79. The normalized spacial score (nSPS) is 14.6. The molecule has 0 radical (unpaired) electrons. The number of rotatable bonds is 3. The van der Waals surface area contributed by atoms with Gasteiger partial charge in [0.2, 0.25) is 0 Å². The number of allylic oxidation sites excluding steroid dienone is 2. The van der Waals surface area contributed by atoms with Crippen molar-refractivity contribution in [1.29, 1.82) is 5.26 Å². The number of nitriles is 1. The van der Waals surface area contributed by atoms with Gasteiger partial charge in [-0.05, 0) is 41.4 Å². The molecule has 1 aromatic carbocycles. The molecule has 100 valence electrons. The van der Waals surface area contributed by atoms with Crippen LogP contribution >= 0.6 is 0 Å². The summed E-state index contributed by atoms with van der Waals surface area (Å²) in [7, 11) is 0. The third-order valence-electron chi connectivity index (χ3n) is 2.75. The lowest BCUT2D eigenvalue weighted by Gasteiger charge is -2.06. The van der Waals surface area contributed by atoms with Crippen LogP contribution in [0.1, 0.15) is 12.0 Å². The molecule has 0 spiro atoms. The van der Waals surface area contributed by atoms with Gasteiger partial charge >= 0.3 is 0 Å². The van der Waals surface area contributed by atoms with Crippen molar-refractivity contribution in [2.24, 2.45) is 10.2 Å². The Bertz CT molecular complexity index is 682. The second-order valence-corrected chi connectivity index (χ2v) is 4.13. The fourth-order valence-electron chi connectivity index (χ4n) is 1.79. The molecule has 0 fully saturated rings. The number of benzene rings is 1. The summed E-state index contributed by atoms with van der Waals surface area (Å²) in [6.07, 6.45) is 5.97. The Morgan fingerprint density at radius 3 is 2.85 bits per heavy atom. The van der Waals surface area contributed by atoms with E-state index in [0.717, 1.165) is 6.42 Å². The standard InChI is InChI=1S/C14H11N3O3/c15-8-10(11-3-1-2-4-16-11)5-9-6-12(17-20)14(19)13(18)7-9/h1,3,5-7,18-19H,2,4H2/b10-5+. The van der Waals surface area contributed by atoms with Gasteiger partial charge in [0.05, 0.1) is 11.3 Å². The van der Waals surface area contributed by atoms with Gasteiger partial charge in [-0.25, -0.2) is 0 Å². The van der Waals surface area contributed by atoms with Gasteiger partial charge in [0, 0.05) is 6.54 Å². The van der Waals surface area contributed by atoms with E-state index < -0.39 is 11.5 Å². The van der Waals surface area contributed by atoms with Crippen LogP contribution in [0.3, 0.4) is 0 Å². The molecule has 0 aromatic heterocycles. The average molecular weight is 269 g/mol. The lowest BCUT2D eigenvalue weighted by Crippen LogP contribution is -2.02. The summed E-state index contributed by atoms with van der Waals surface area (Å²) in [6.45, 7) is 0.618. The number of phenols is 2. The van der Waals surface area contributed by atoms with E-state index in [1.165, 1.54) is 18.2 Å². The molecule has 0 aliphatic carbocycles. The van der Waals surface area contributed by atoms with E-state index in [9.17, 15) is 15.1 Å². The van der Waals surface area contributed by atoms with E-state index in [-0.39, 0.29) is 5.69 Å². The average Bonchev–Trinajstić information content (AvgIpc) is 2.49. The number of aliphatic imine (C=N–C) groups is 1. The van der Waals surface area contributed by atoms with Crippen LogP contribution in [-0.2, 0) is 0 Å². The number of aromatic hydroxyl groups is 2. The van der Waals surface area contributed by atoms with Crippen molar-refractivity contribution < 1.29 is 10.2 Å². The first-order chi connectivity index (χ1) is 9.65. The molecule has 0 amide bonds. The topological polar surface area (TPSA) is 106 Å². The molecule has 1 aromatic rings. The minimum atomic E-state index is -0.578. The van der Waals surface area contributed by atoms with Gasteiger partial charge in [0.1, 0.15) is 6.07 Å². The predicted molar refractivity (Wildman–Crippen MR) is 74.9 cm³/mol. The first-order valence-corrected chi connectivity index (χ1v) is 5.88. The Morgan fingerprint density at radius 2 is 2.25 bits per heavy atom. The number of hydrogen-bond acceptors (Lipinski definition) is 6. The third kappa shape index (κ3) is 2.72. The number of nitrogens with zero attached hydrogens (tertiary/aromatic N) is 3. The first-order valence-electron chi connectivity index (χ1n) is 5.88. The zero-order valence-electron chi connectivity index (χ0n) is 10.4. The van der Waals surface area contributed by atoms with Gasteiger partial charge in [0.25, 0.3) is 0 Å². The third-order valence-corrected chi connectivity index (χ3v) is 2.75. The maximum absolute atomic E-state index is 10.5. The highest BCUT2D eigenvalue weighted by atomic mass is 16.3. The van der Waals surface area contributed by atoms with Gasteiger partial charge < -0.3 is 10.2 Å². The molecule has 2 rings (SSSR count). The van der Waals surface area contributed by atoms with E-state index in [0.29, 0.717) is 23.4 Å². The first kappa shape index (κ1) is 13.5. The van der Waals surface area contributed by atoms with Gasteiger partial charge in [0.15, 0.2) is 17.2 Å². The highest BCUT2D eigenvalue weighted by Crippen LogP contribution is 2.37. The van der Waals surface area contributed by atoms with E-state index in [1.807, 2.05) is 12.1 Å². The van der Waals surface area contributed by atoms with E-state index in [2.05, 4.69) is 10.2 Å². The molecule has 6 heteroatoms. The van der Waals surface area contributed by atoms with Gasteiger partial charge in [-0.2, -0.15) is 5.26 Å². The maximum Gasteiger partial charge on any atom is 0.187 e. The Morgan fingerprint density at radius 1 is 1.45 bits per heavy atom. The molecule has 0 saturated carbocycles. The molecule has 20 heavy (non-hydrogen) atoms. The Kier molecular flexibility index (Phi) is 3.91. The minimum Gasteiger partial charge on any atom is -0.504 e. The van der Waals surface area contributed by atoms with Crippen LogP contribution in [0, 0.1) is 16.2 Å². The molecular formula is C14H11N3O3. The molecule has 1 aliphatic rings. The van der Waals surface area contributed by atoms with Crippen molar-refractivity contribution in [3.63, 3.8) is 0 Å². The van der Waals surface area contributed by atoms with Crippen LogP contribution in [0.15, 0.2) is 40.0 Å². The summed E-state index contributed by atoms with van der Waals surface area (Å²) in [4.78, 5) is 14.8. The van der Waals surface area contributed by atoms with E-state index in [4.69, 9.17) is 5.26 Å². The predicted octanol–water partition coefficient (Wildman–Crippen LogP) is 2.80. The summed E-state index contributed by atoms with van der Waals surface area (Å²) >= 11 is 0. The molecular weight excluding hydrogens is 258 g/mol. The monoisotopic (exact) mass is 269 g/mol. The number of phenolic OH excluding ortho intramolecular Hbond substituents is 2. The largest absolute Gasteiger partial charge is 0.504 e. The minimum absolute atomic E-state index is 0.283. The van der Waals surface area contributed by atoms with Crippen LogP contribution in [0.2, 0.25) is 0 Å². The van der Waals surface area contributed by atoms with Crippen LogP contribution in [0.25, 0.3) is 6.08 Å². The van der Waals surface area contributed by atoms with Crippen molar-refractivity contribution in [3.8, 4) is 17.6 Å². The molecule has 0 atom stereocenters. The Labute approximate surface area is 115 Å².